The Bertz CT molecular complexity index is 1080. The number of primary amides is 1. The summed E-state index contributed by atoms with van der Waals surface area (Å²) in [5, 5.41) is 5.29. The molecule has 1 fully saturated rings. The first-order chi connectivity index (χ1) is 14.4. The molecule has 1 aliphatic heterocycles. The number of likely N-dealkylation sites (tertiary alicyclic amines) is 1. The second-order valence-corrected chi connectivity index (χ2v) is 8.02. The van der Waals surface area contributed by atoms with Crippen molar-refractivity contribution in [3.63, 3.8) is 0 Å². The lowest BCUT2D eigenvalue weighted by atomic mass is 9.96. The monoisotopic (exact) mass is 422 g/mol. The van der Waals surface area contributed by atoms with E-state index in [0.29, 0.717) is 42.3 Å². The van der Waals surface area contributed by atoms with Gasteiger partial charge in [-0.15, -0.1) is 0 Å². The molecule has 3 aromatic rings. The molecule has 154 valence electrons. The molecule has 1 saturated heterocycles. The molecule has 6 nitrogen and oxygen atoms in total. The molecule has 0 atom stereocenters. The molecule has 1 aromatic heterocycles. The molecule has 2 N–H and O–H groups in total. The molecular weight excluding hydrogens is 400 g/mol. The number of halogens is 1. The van der Waals surface area contributed by atoms with E-state index in [1.54, 1.807) is 21.7 Å². The Kier molecular flexibility index (Phi) is 5.59. The SMILES string of the molecule is Cc1ccc(-n2nc(-c3ccccc3Cl)cc2C(=O)N2CCC(C(N)=O)CC2)cc1. The zero-order valence-electron chi connectivity index (χ0n) is 16.7. The smallest absolute Gasteiger partial charge is 0.272 e. The van der Waals surface area contributed by atoms with Crippen LogP contribution >= 0.6 is 11.6 Å². The molecule has 0 unspecified atom stereocenters. The minimum absolute atomic E-state index is 0.121. The summed E-state index contributed by atoms with van der Waals surface area (Å²) in [5.74, 6) is -0.591. The molecule has 0 spiro atoms. The van der Waals surface area contributed by atoms with Crippen LogP contribution < -0.4 is 5.73 Å². The second-order valence-electron chi connectivity index (χ2n) is 7.61. The maximum Gasteiger partial charge on any atom is 0.272 e. The number of hydrogen-bond donors (Lipinski definition) is 1. The average Bonchev–Trinajstić information content (AvgIpc) is 3.19. The quantitative estimate of drug-likeness (QED) is 0.693. The third kappa shape index (κ3) is 3.96. The first kappa shape index (κ1) is 20.2. The fraction of sp³-hybridized carbons (Fsp3) is 0.261. The van der Waals surface area contributed by atoms with E-state index in [1.165, 1.54) is 0 Å². The van der Waals surface area contributed by atoms with Crippen LogP contribution in [0.1, 0.15) is 28.9 Å². The van der Waals surface area contributed by atoms with Gasteiger partial charge in [0.2, 0.25) is 5.91 Å². The lowest BCUT2D eigenvalue weighted by Crippen LogP contribution is -2.42. The maximum absolute atomic E-state index is 13.4. The van der Waals surface area contributed by atoms with Gasteiger partial charge in [0.05, 0.1) is 16.4 Å². The van der Waals surface area contributed by atoms with Gasteiger partial charge in [0.1, 0.15) is 5.69 Å². The summed E-state index contributed by atoms with van der Waals surface area (Å²) < 4.78 is 1.67. The molecule has 4 rings (SSSR count). The van der Waals surface area contributed by atoms with Crippen LogP contribution in [0.15, 0.2) is 54.6 Å². The Morgan fingerprint density at radius 3 is 2.37 bits per heavy atom. The molecular formula is C23H23ClN4O2. The molecule has 0 bridgehead atoms. The van der Waals surface area contributed by atoms with Crippen molar-refractivity contribution in [3.05, 3.63) is 70.9 Å². The summed E-state index contributed by atoms with van der Waals surface area (Å²) in [7, 11) is 0. The van der Waals surface area contributed by atoms with Gasteiger partial charge in [-0.2, -0.15) is 5.10 Å². The minimum atomic E-state index is -0.298. The molecule has 0 aliphatic carbocycles. The Balaban J connectivity index is 1.72. The largest absolute Gasteiger partial charge is 0.369 e. The molecule has 2 aromatic carbocycles. The number of benzene rings is 2. The van der Waals surface area contributed by atoms with Gasteiger partial charge < -0.3 is 10.6 Å². The zero-order valence-corrected chi connectivity index (χ0v) is 17.5. The number of aryl methyl sites for hydroxylation is 1. The van der Waals surface area contributed by atoms with Crippen molar-refractivity contribution in [3.8, 4) is 16.9 Å². The van der Waals surface area contributed by atoms with Crippen LogP contribution in [0.4, 0.5) is 0 Å². The Morgan fingerprint density at radius 2 is 1.73 bits per heavy atom. The molecule has 30 heavy (non-hydrogen) atoms. The van der Waals surface area contributed by atoms with Gasteiger partial charge in [0.25, 0.3) is 5.91 Å². The van der Waals surface area contributed by atoms with Gasteiger partial charge in [0.15, 0.2) is 0 Å². The summed E-state index contributed by atoms with van der Waals surface area (Å²) in [4.78, 5) is 26.6. The second kappa shape index (κ2) is 8.32. The molecule has 0 saturated carbocycles. The average molecular weight is 423 g/mol. The summed E-state index contributed by atoms with van der Waals surface area (Å²) >= 11 is 6.37. The highest BCUT2D eigenvalue weighted by molar-refractivity contribution is 6.33. The summed E-state index contributed by atoms with van der Waals surface area (Å²) in [6.45, 7) is 3.00. The standard InChI is InChI=1S/C23H23ClN4O2/c1-15-6-8-17(9-7-15)28-21(14-20(26-28)18-4-2-3-5-19(18)24)23(30)27-12-10-16(11-13-27)22(25)29/h2-9,14,16H,10-13H2,1H3,(H2,25,29). The van der Waals surface area contributed by atoms with E-state index in [4.69, 9.17) is 22.4 Å². The summed E-state index contributed by atoms with van der Waals surface area (Å²) in [6.07, 6.45) is 1.16. The highest BCUT2D eigenvalue weighted by atomic mass is 35.5. The third-order valence-corrected chi connectivity index (χ3v) is 5.87. The van der Waals surface area contributed by atoms with Gasteiger partial charge >= 0.3 is 0 Å². The molecule has 0 radical (unpaired) electrons. The predicted molar refractivity (Wildman–Crippen MR) is 117 cm³/mol. The fourth-order valence-corrected chi connectivity index (χ4v) is 3.98. The van der Waals surface area contributed by atoms with E-state index >= 15 is 0 Å². The number of rotatable bonds is 4. The summed E-state index contributed by atoms with van der Waals surface area (Å²) in [5.41, 5.74) is 9.22. The first-order valence-electron chi connectivity index (χ1n) is 9.94. The van der Waals surface area contributed by atoms with Crippen LogP contribution in [0, 0.1) is 12.8 Å². The number of aromatic nitrogens is 2. The van der Waals surface area contributed by atoms with Crippen molar-refractivity contribution in [2.45, 2.75) is 19.8 Å². The lowest BCUT2D eigenvalue weighted by Gasteiger charge is -2.30. The highest BCUT2D eigenvalue weighted by Crippen LogP contribution is 2.29. The number of hydrogen-bond acceptors (Lipinski definition) is 3. The van der Waals surface area contributed by atoms with Crippen molar-refractivity contribution in [2.75, 3.05) is 13.1 Å². The zero-order chi connectivity index (χ0) is 21.3. The van der Waals surface area contributed by atoms with E-state index < -0.39 is 0 Å². The number of nitrogens with two attached hydrogens (primary N) is 1. The van der Waals surface area contributed by atoms with E-state index in [2.05, 4.69) is 0 Å². The molecule has 1 aliphatic rings. The highest BCUT2D eigenvalue weighted by Gasteiger charge is 2.29. The summed E-state index contributed by atoms with van der Waals surface area (Å²) in [6, 6.07) is 17.1. The van der Waals surface area contributed by atoms with Crippen LogP contribution in [0.25, 0.3) is 16.9 Å². The van der Waals surface area contributed by atoms with E-state index in [-0.39, 0.29) is 17.7 Å². The van der Waals surface area contributed by atoms with E-state index in [1.807, 2.05) is 49.4 Å². The number of piperidine rings is 1. The molecule has 2 amide bonds. The number of amides is 2. The van der Waals surface area contributed by atoms with Crippen LogP contribution in [-0.4, -0.2) is 39.6 Å². The van der Waals surface area contributed by atoms with Crippen molar-refractivity contribution in [2.24, 2.45) is 11.7 Å². The van der Waals surface area contributed by atoms with Crippen LogP contribution in [0.2, 0.25) is 5.02 Å². The van der Waals surface area contributed by atoms with Crippen LogP contribution in [0.5, 0.6) is 0 Å². The Morgan fingerprint density at radius 1 is 1.07 bits per heavy atom. The van der Waals surface area contributed by atoms with Gasteiger partial charge in [-0.3, -0.25) is 9.59 Å². The predicted octanol–water partition coefficient (Wildman–Crippen LogP) is 3.84. The van der Waals surface area contributed by atoms with Crippen molar-refractivity contribution in [1.82, 2.24) is 14.7 Å². The van der Waals surface area contributed by atoms with E-state index in [9.17, 15) is 9.59 Å². The van der Waals surface area contributed by atoms with Crippen LogP contribution in [-0.2, 0) is 4.79 Å². The topological polar surface area (TPSA) is 81.2 Å². The Labute approximate surface area is 180 Å². The fourth-order valence-electron chi connectivity index (χ4n) is 3.75. The Hall–Kier alpha value is -3.12. The number of carbonyl (C=O) groups excluding carboxylic acids is 2. The first-order valence-corrected chi connectivity index (χ1v) is 10.3. The van der Waals surface area contributed by atoms with Crippen LogP contribution in [0.3, 0.4) is 0 Å². The van der Waals surface area contributed by atoms with Gasteiger partial charge in [-0.25, -0.2) is 4.68 Å². The lowest BCUT2D eigenvalue weighted by molar-refractivity contribution is -0.123. The number of nitrogens with zero attached hydrogens (tertiary/aromatic N) is 3. The maximum atomic E-state index is 13.4. The van der Waals surface area contributed by atoms with E-state index in [0.717, 1.165) is 16.8 Å². The van der Waals surface area contributed by atoms with Crippen molar-refractivity contribution >= 4 is 23.4 Å². The van der Waals surface area contributed by atoms with Gasteiger partial charge in [-0.1, -0.05) is 47.5 Å². The van der Waals surface area contributed by atoms with Crippen molar-refractivity contribution < 1.29 is 9.59 Å². The normalized spacial score (nSPS) is 14.7. The van der Waals surface area contributed by atoms with Gasteiger partial charge in [-0.05, 0) is 44.0 Å². The van der Waals surface area contributed by atoms with Crippen molar-refractivity contribution in [1.29, 1.82) is 0 Å². The number of carbonyl (C=O) groups is 2. The van der Waals surface area contributed by atoms with Gasteiger partial charge in [0, 0.05) is 24.6 Å². The third-order valence-electron chi connectivity index (χ3n) is 5.54. The molecule has 7 heteroatoms. The molecule has 2 heterocycles. The minimum Gasteiger partial charge on any atom is -0.369 e.